The molecular weight excluding hydrogens is 172 g/mol. The van der Waals surface area contributed by atoms with E-state index in [4.69, 9.17) is 0 Å². The van der Waals surface area contributed by atoms with Crippen LogP contribution in [0.2, 0.25) is 0 Å². The third-order valence-electron chi connectivity index (χ3n) is 2.81. The Kier molecular flexibility index (Phi) is 2.62. The predicted octanol–water partition coefficient (Wildman–Crippen LogP) is 2.35. The number of para-hydroxylation sites is 2. The second-order valence-corrected chi connectivity index (χ2v) is 4.08. The molecule has 0 N–H and O–H groups in total. The molecule has 0 saturated carbocycles. The van der Waals surface area contributed by atoms with Crippen LogP contribution in [0.25, 0.3) is 0 Å². The summed E-state index contributed by atoms with van der Waals surface area (Å²) in [5.41, 5.74) is 2.71. The highest BCUT2D eigenvalue weighted by Crippen LogP contribution is 2.29. The Morgan fingerprint density at radius 3 is 2.36 bits per heavy atom. The van der Waals surface area contributed by atoms with Gasteiger partial charge in [0.1, 0.15) is 0 Å². The smallest absolute Gasteiger partial charge is 0.0603 e. The minimum absolute atomic E-state index is 1.21. The molecule has 1 aliphatic rings. The van der Waals surface area contributed by atoms with Gasteiger partial charge < -0.3 is 9.80 Å². The van der Waals surface area contributed by atoms with Crippen molar-refractivity contribution in [3.8, 4) is 0 Å². The molecule has 0 bridgehead atoms. The molecular formula is C12H18N2. The zero-order valence-electron chi connectivity index (χ0n) is 9.03. The molecule has 2 rings (SSSR count). The third-order valence-corrected chi connectivity index (χ3v) is 2.81. The molecule has 1 fully saturated rings. The SMILES string of the molecule is CN(C)c1ccccc1N1CCCC1. The molecule has 0 atom stereocenters. The van der Waals surface area contributed by atoms with Crippen LogP contribution < -0.4 is 9.80 Å². The minimum atomic E-state index is 1.21. The van der Waals surface area contributed by atoms with Gasteiger partial charge in [0.05, 0.1) is 11.4 Å². The molecule has 1 saturated heterocycles. The summed E-state index contributed by atoms with van der Waals surface area (Å²) in [7, 11) is 4.21. The van der Waals surface area contributed by atoms with Gasteiger partial charge in [-0.3, -0.25) is 0 Å². The van der Waals surface area contributed by atoms with Crippen LogP contribution in [0, 0.1) is 0 Å². The number of hydrogen-bond donors (Lipinski definition) is 0. The fourth-order valence-electron chi connectivity index (χ4n) is 2.07. The second-order valence-electron chi connectivity index (χ2n) is 4.08. The van der Waals surface area contributed by atoms with Crippen molar-refractivity contribution in [1.29, 1.82) is 0 Å². The summed E-state index contributed by atoms with van der Waals surface area (Å²) < 4.78 is 0. The van der Waals surface area contributed by atoms with E-state index in [0.717, 1.165) is 0 Å². The monoisotopic (exact) mass is 190 g/mol. The molecule has 0 radical (unpaired) electrons. The van der Waals surface area contributed by atoms with Crippen molar-refractivity contribution in [2.45, 2.75) is 12.8 Å². The van der Waals surface area contributed by atoms with Crippen LogP contribution in [-0.2, 0) is 0 Å². The fourth-order valence-corrected chi connectivity index (χ4v) is 2.07. The average molecular weight is 190 g/mol. The summed E-state index contributed by atoms with van der Waals surface area (Å²) in [6, 6.07) is 8.64. The van der Waals surface area contributed by atoms with Gasteiger partial charge in [0.25, 0.3) is 0 Å². The molecule has 76 valence electrons. The Morgan fingerprint density at radius 1 is 1.07 bits per heavy atom. The van der Waals surface area contributed by atoms with Crippen LogP contribution in [0.3, 0.4) is 0 Å². The van der Waals surface area contributed by atoms with Crippen LogP contribution >= 0.6 is 0 Å². The standard InChI is InChI=1S/C12H18N2/c1-13(2)11-7-3-4-8-12(11)14-9-5-6-10-14/h3-4,7-8H,5-6,9-10H2,1-2H3. The summed E-state index contributed by atoms with van der Waals surface area (Å²) >= 11 is 0. The van der Waals surface area contributed by atoms with Gasteiger partial charge in [-0.15, -0.1) is 0 Å². The van der Waals surface area contributed by atoms with Gasteiger partial charge in [-0.2, -0.15) is 0 Å². The van der Waals surface area contributed by atoms with Crippen LogP contribution in [0.5, 0.6) is 0 Å². The highest BCUT2D eigenvalue weighted by molar-refractivity contribution is 5.70. The Balaban J connectivity index is 2.30. The first-order valence-corrected chi connectivity index (χ1v) is 5.30. The Labute approximate surface area is 86.1 Å². The zero-order valence-corrected chi connectivity index (χ0v) is 9.03. The van der Waals surface area contributed by atoms with Crippen LogP contribution in [-0.4, -0.2) is 27.2 Å². The summed E-state index contributed by atoms with van der Waals surface area (Å²) in [6.45, 7) is 2.43. The Hall–Kier alpha value is -1.18. The van der Waals surface area contributed by atoms with E-state index < -0.39 is 0 Å². The van der Waals surface area contributed by atoms with E-state index in [2.05, 4.69) is 48.2 Å². The Morgan fingerprint density at radius 2 is 1.71 bits per heavy atom. The van der Waals surface area contributed by atoms with Crippen LogP contribution in [0.15, 0.2) is 24.3 Å². The maximum Gasteiger partial charge on any atom is 0.0603 e. The van der Waals surface area contributed by atoms with Crippen LogP contribution in [0.1, 0.15) is 12.8 Å². The van der Waals surface area contributed by atoms with E-state index in [9.17, 15) is 0 Å². The molecule has 14 heavy (non-hydrogen) atoms. The minimum Gasteiger partial charge on any atom is -0.376 e. The third kappa shape index (κ3) is 1.69. The second kappa shape index (κ2) is 3.91. The maximum absolute atomic E-state index is 2.48. The van der Waals surface area contributed by atoms with Gasteiger partial charge in [-0.25, -0.2) is 0 Å². The lowest BCUT2D eigenvalue weighted by atomic mass is 10.2. The van der Waals surface area contributed by atoms with Gasteiger partial charge in [-0.05, 0) is 25.0 Å². The first kappa shape index (κ1) is 9.38. The lowest BCUT2D eigenvalue weighted by Crippen LogP contribution is -2.21. The lowest BCUT2D eigenvalue weighted by Gasteiger charge is -2.24. The van der Waals surface area contributed by atoms with E-state index in [1.807, 2.05) is 0 Å². The Bertz CT molecular complexity index is 301. The fraction of sp³-hybridized carbons (Fsp3) is 0.500. The highest BCUT2D eigenvalue weighted by Gasteiger charge is 2.15. The molecule has 0 amide bonds. The summed E-state index contributed by atoms with van der Waals surface area (Å²) in [5.74, 6) is 0. The van der Waals surface area contributed by atoms with Crippen LogP contribution in [0.4, 0.5) is 11.4 Å². The summed E-state index contributed by atoms with van der Waals surface area (Å²) in [6.07, 6.45) is 2.67. The molecule has 0 spiro atoms. The van der Waals surface area contributed by atoms with Gasteiger partial charge in [0.2, 0.25) is 0 Å². The molecule has 1 aromatic rings. The van der Waals surface area contributed by atoms with E-state index in [1.54, 1.807) is 0 Å². The number of hydrogen-bond acceptors (Lipinski definition) is 2. The molecule has 2 heteroatoms. The molecule has 2 nitrogen and oxygen atoms in total. The quantitative estimate of drug-likeness (QED) is 0.706. The lowest BCUT2D eigenvalue weighted by molar-refractivity contribution is 0.949. The van der Waals surface area contributed by atoms with E-state index >= 15 is 0 Å². The van der Waals surface area contributed by atoms with Gasteiger partial charge in [-0.1, -0.05) is 12.1 Å². The molecule has 0 aromatic heterocycles. The molecule has 0 unspecified atom stereocenters. The highest BCUT2D eigenvalue weighted by atomic mass is 15.2. The average Bonchev–Trinajstić information content (AvgIpc) is 2.70. The summed E-state index contributed by atoms with van der Waals surface area (Å²) in [5, 5.41) is 0. The number of nitrogens with zero attached hydrogens (tertiary/aromatic N) is 2. The van der Waals surface area contributed by atoms with Crippen molar-refractivity contribution >= 4 is 11.4 Å². The molecule has 1 aliphatic heterocycles. The number of anilines is 2. The van der Waals surface area contributed by atoms with Gasteiger partial charge in [0, 0.05) is 27.2 Å². The molecule has 1 aromatic carbocycles. The van der Waals surface area contributed by atoms with Crippen molar-refractivity contribution in [2.75, 3.05) is 37.0 Å². The topological polar surface area (TPSA) is 6.48 Å². The normalized spacial score (nSPS) is 16.0. The zero-order chi connectivity index (χ0) is 9.97. The first-order chi connectivity index (χ1) is 6.79. The van der Waals surface area contributed by atoms with E-state index in [-0.39, 0.29) is 0 Å². The number of benzene rings is 1. The van der Waals surface area contributed by atoms with Gasteiger partial charge in [0.15, 0.2) is 0 Å². The van der Waals surface area contributed by atoms with Crippen molar-refractivity contribution in [1.82, 2.24) is 0 Å². The molecule has 0 aliphatic carbocycles. The summed E-state index contributed by atoms with van der Waals surface area (Å²) in [4.78, 5) is 4.67. The van der Waals surface area contributed by atoms with E-state index in [1.165, 1.54) is 37.3 Å². The predicted molar refractivity (Wildman–Crippen MR) is 62.2 cm³/mol. The molecule has 1 heterocycles. The van der Waals surface area contributed by atoms with Crippen molar-refractivity contribution < 1.29 is 0 Å². The van der Waals surface area contributed by atoms with Gasteiger partial charge >= 0.3 is 0 Å². The largest absolute Gasteiger partial charge is 0.376 e. The first-order valence-electron chi connectivity index (χ1n) is 5.30. The van der Waals surface area contributed by atoms with E-state index in [0.29, 0.717) is 0 Å². The van der Waals surface area contributed by atoms with Crippen molar-refractivity contribution in [2.24, 2.45) is 0 Å². The van der Waals surface area contributed by atoms with Crippen molar-refractivity contribution in [3.63, 3.8) is 0 Å². The number of rotatable bonds is 2. The maximum atomic E-state index is 2.48. The van der Waals surface area contributed by atoms with Crippen molar-refractivity contribution in [3.05, 3.63) is 24.3 Å².